The molecule has 0 aliphatic rings. The van der Waals surface area contributed by atoms with E-state index in [0.29, 0.717) is 21.7 Å². The Labute approximate surface area is 119 Å². The van der Waals surface area contributed by atoms with Crippen molar-refractivity contribution in [2.75, 3.05) is 0 Å². The number of aromatic nitrogens is 1. The van der Waals surface area contributed by atoms with E-state index < -0.39 is 11.6 Å². The topological polar surface area (TPSA) is 41.8 Å². The van der Waals surface area contributed by atoms with Gasteiger partial charge in [-0.25, -0.2) is 8.78 Å². The number of rotatable bonds is 2. The third-order valence-corrected chi connectivity index (χ3v) is 3.49. The minimum absolute atomic E-state index is 0.0820. The number of nitrogens with one attached hydrogen (secondary N) is 1. The van der Waals surface area contributed by atoms with Crippen molar-refractivity contribution >= 4 is 22.5 Å². The molecule has 3 aromatic rings. The lowest BCUT2D eigenvalue weighted by Gasteiger charge is -2.06. The zero-order chi connectivity index (χ0) is 14.3. The molecule has 0 atom stereocenters. The third kappa shape index (κ3) is 1.97. The van der Waals surface area contributed by atoms with E-state index in [1.165, 1.54) is 18.2 Å². The van der Waals surface area contributed by atoms with E-state index >= 15 is 0 Å². The van der Waals surface area contributed by atoms with Gasteiger partial charge < -0.3 is 10.7 Å². The van der Waals surface area contributed by atoms with Gasteiger partial charge in [0.1, 0.15) is 11.6 Å². The normalized spacial score (nSPS) is 11.2. The fourth-order valence-electron chi connectivity index (χ4n) is 2.40. The lowest BCUT2D eigenvalue weighted by molar-refractivity contribution is 0.589. The van der Waals surface area contributed by atoms with Gasteiger partial charge in [-0.05, 0) is 30.3 Å². The van der Waals surface area contributed by atoms with Crippen LogP contribution in [0.5, 0.6) is 0 Å². The molecule has 20 heavy (non-hydrogen) atoms. The predicted molar refractivity (Wildman–Crippen MR) is 76.6 cm³/mol. The summed E-state index contributed by atoms with van der Waals surface area (Å²) in [6, 6.07) is 8.93. The van der Waals surface area contributed by atoms with E-state index in [1.807, 2.05) is 0 Å². The molecule has 2 aromatic carbocycles. The first-order valence-corrected chi connectivity index (χ1v) is 6.44. The Bertz CT molecular complexity index is 776. The van der Waals surface area contributed by atoms with Crippen LogP contribution in [0.25, 0.3) is 22.0 Å². The van der Waals surface area contributed by atoms with E-state index in [2.05, 4.69) is 4.98 Å². The maximum atomic E-state index is 14.0. The van der Waals surface area contributed by atoms with Gasteiger partial charge in [-0.1, -0.05) is 17.7 Å². The molecule has 1 heterocycles. The van der Waals surface area contributed by atoms with Crippen molar-refractivity contribution in [2.24, 2.45) is 5.73 Å². The summed E-state index contributed by atoms with van der Waals surface area (Å²) in [5.74, 6) is -1.25. The van der Waals surface area contributed by atoms with E-state index in [1.54, 1.807) is 18.2 Å². The van der Waals surface area contributed by atoms with Crippen molar-refractivity contribution in [3.63, 3.8) is 0 Å². The monoisotopic (exact) mass is 292 g/mol. The molecule has 0 saturated heterocycles. The summed E-state index contributed by atoms with van der Waals surface area (Å²) in [5, 5.41) is 1.15. The Morgan fingerprint density at radius 2 is 1.75 bits per heavy atom. The van der Waals surface area contributed by atoms with Crippen molar-refractivity contribution < 1.29 is 8.78 Å². The molecule has 0 spiro atoms. The van der Waals surface area contributed by atoms with Crippen LogP contribution in [0.3, 0.4) is 0 Å². The minimum atomic E-state index is -0.624. The molecule has 5 heteroatoms. The molecule has 0 unspecified atom stereocenters. The highest BCUT2D eigenvalue weighted by Crippen LogP contribution is 2.36. The van der Waals surface area contributed by atoms with Crippen LogP contribution in [0.15, 0.2) is 36.4 Å². The molecule has 0 bridgehead atoms. The van der Waals surface area contributed by atoms with E-state index in [9.17, 15) is 8.78 Å². The molecular formula is C15H11ClF2N2. The molecule has 3 N–H and O–H groups in total. The van der Waals surface area contributed by atoms with E-state index in [0.717, 1.165) is 5.52 Å². The quantitative estimate of drug-likeness (QED) is 0.729. The van der Waals surface area contributed by atoms with Gasteiger partial charge >= 0.3 is 0 Å². The zero-order valence-corrected chi connectivity index (χ0v) is 11.1. The molecule has 0 radical (unpaired) electrons. The third-order valence-electron chi connectivity index (χ3n) is 3.26. The number of H-pyrrole nitrogens is 1. The number of hydrogen-bond acceptors (Lipinski definition) is 1. The number of hydrogen-bond donors (Lipinski definition) is 2. The van der Waals surface area contributed by atoms with Gasteiger partial charge in [-0.2, -0.15) is 0 Å². The predicted octanol–water partition coefficient (Wildman–Crippen LogP) is 4.23. The van der Waals surface area contributed by atoms with Gasteiger partial charge in [-0.3, -0.25) is 0 Å². The first kappa shape index (κ1) is 13.1. The largest absolute Gasteiger partial charge is 0.357 e. The minimum Gasteiger partial charge on any atom is -0.357 e. The number of aromatic amines is 1. The highest BCUT2D eigenvalue weighted by atomic mass is 35.5. The second-order valence-electron chi connectivity index (χ2n) is 4.47. The van der Waals surface area contributed by atoms with Crippen LogP contribution < -0.4 is 5.73 Å². The Morgan fingerprint density at radius 1 is 1.05 bits per heavy atom. The number of nitrogens with two attached hydrogens (primary N) is 1. The van der Waals surface area contributed by atoms with Crippen molar-refractivity contribution in [1.29, 1.82) is 0 Å². The second-order valence-corrected chi connectivity index (χ2v) is 4.91. The van der Waals surface area contributed by atoms with Gasteiger partial charge in [0.05, 0.1) is 5.56 Å². The van der Waals surface area contributed by atoms with E-state index in [4.69, 9.17) is 17.3 Å². The lowest BCUT2D eigenvalue weighted by atomic mass is 10.0. The Balaban J connectivity index is 2.42. The van der Waals surface area contributed by atoms with Crippen LogP contribution in [0.1, 0.15) is 5.69 Å². The zero-order valence-electron chi connectivity index (χ0n) is 10.4. The first-order chi connectivity index (χ1) is 9.61. The van der Waals surface area contributed by atoms with Gasteiger partial charge in [0, 0.05) is 33.7 Å². The molecule has 0 amide bonds. The van der Waals surface area contributed by atoms with Gasteiger partial charge in [0.15, 0.2) is 0 Å². The van der Waals surface area contributed by atoms with Crippen LogP contribution in [0.4, 0.5) is 8.78 Å². The summed E-state index contributed by atoms with van der Waals surface area (Å²) in [6.07, 6.45) is 0. The molecule has 0 aliphatic carbocycles. The van der Waals surface area contributed by atoms with Gasteiger partial charge in [-0.15, -0.1) is 0 Å². The Morgan fingerprint density at radius 3 is 2.40 bits per heavy atom. The summed E-state index contributed by atoms with van der Waals surface area (Å²) in [6.45, 7) is 0.148. The Kier molecular flexibility index (Phi) is 3.20. The summed E-state index contributed by atoms with van der Waals surface area (Å²) in [5.41, 5.74) is 7.35. The average Bonchev–Trinajstić information content (AvgIpc) is 2.77. The van der Waals surface area contributed by atoms with Gasteiger partial charge in [0.2, 0.25) is 0 Å². The molecule has 1 aromatic heterocycles. The number of halogens is 3. The number of benzene rings is 2. The number of fused-ring (bicyclic) bond motifs is 1. The van der Waals surface area contributed by atoms with Crippen LogP contribution in [-0.2, 0) is 6.54 Å². The highest BCUT2D eigenvalue weighted by molar-refractivity contribution is 6.31. The molecule has 0 saturated carbocycles. The maximum absolute atomic E-state index is 14.0. The average molecular weight is 293 g/mol. The summed E-state index contributed by atoms with van der Waals surface area (Å²) >= 11 is 5.98. The fraction of sp³-hybridized carbons (Fsp3) is 0.0667. The smallest absolute Gasteiger partial charge is 0.134 e. The van der Waals surface area contributed by atoms with Crippen molar-refractivity contribution in [3.05, 3.63) is 58.7 Å². The SMILES string of the molecule is NCc1[nH]c2ccc(Cl)cc2c1-c1c(F)cccc1F. The second kappa shape index (κ2) is 4.89. The summed E-state index contributed by atoms with van der Waals surface area (Å²) in [4.78, 5) is 3.08. The van der Waals surface area contributed by atoms with Crippen LogP contribution in [-0.4, -0.2) is 4.98 Å². The molecule has 0 fully saturated rings. The highest BCUT2D eigenvalue weighted by Gasteiger charge is 2.19. The molecule has 3 rings (SSSR count). The van der Waals surface area contributed by atoms with E-state index in [-0.39, 0.29) is 12.1 Å². The molecule has 2 nitrogen and oxygen atoms in total. The van der Waals surface area contributed by atoms with Crippen LogP contribution in [0.2, 0.25) is 5.02 Å². The molecular weight excluding hydrogens is 282 g/mol. The van der Waals surface area contributed by atoms with Crippen molar-refractivity contribution in [2.45, 2.75) is 6.54 Å². The summed E-state index contributed by atoms with van der Waals surface area (Å²) < 4.78 is 28.1. The first-order valence-electron chi connectivity index (χ1n) is 6.06. The van der Waals surface area contributed by atoms with Crippen molar-refractivity contribution in [1.82, 2.24) is 4.98 Å². The fourth-order valence-corrected chi connectivity index (χ4v) is 2.57. The summed E-state index contributed by atoms with van der Waals surface area (Å²) in [7, 11) is 0. The standard InChI is InChI=1S/C15H11ClF2N2/c16-8-4-5-12-9(6-8)14(13(7-19)20-12)15-10(17)2-1-3-11(15)18/h1-6,20H,7,19H2. The maximum Gasteiger partial charge on any atom is 0.134 e. The van der Waals surface area contributed by atoms with Crippen LogP contribution >= 0.6 is 11.6 Å². The Hall–Kier alpha value is -1.91. The lowest BCUT2D eigenvalue weighted by Crippen LogP contribution is -2.00. The molecule has 102 valence electrons. The van der Waals surface area contributed by atoms with Crippen LogP contribution in [0, 0.1) is 11.6 Å². The molecule has 0 aliphatic heterocycles. The van der Waals surface area contributed by atoms with Crippen molar-refractivity contribution in [3.8, 4) is 11.1 Å². The van der Waals surface area contributed by atoms with Gasteiger partial charge in [0.25, 0.3) is 0 Å².